The van der Waals surface area contributed by atoms with Crippen LogP contribution in [0.25, 0.3) is 0 Å². The normalized spacial score (nSPS) is 17.3. The van der Waals surface area contributed by atoms with Gasteiger partial charge in [-0.3, -0.25) is 4.98 Å². The van der Waals surface area contributed by atoms with Gasteiger partial charge in [-0.05, 0) is 37.1 Å². The molecule has 9 heteroatoms. The Morgan fingerprint density at radius 3 is 2.55 bits per heavy atom. The van der Waals surface area contributed by atoms with Crippen molar-refractivity contribution < 1.29 is 13.5 Å². The summed E-state index contributed by atoms with van der Waals surface area (Å²) in [4.78, 5) is 15.6. The lowest BCUT2D eigenvalue weighted by molar-refractivity contribution is 0.163. The van der Waals surface area contributed by atoms with Crippen LogP contribution in [0.3, 0.4) is 0 Å². The second kappa shape index (κ2) is 8.62. The molecule has 1 saturated carbocycles. The SMILES string of the molecule is N#CC1(c2cnc(N3CCC(Oc4ccc(F)cc4F)CC3)c(Nc3ccncc3)n2)CC1. The zero-order chi connectivity index (χ0) is 22.8. The van der Waals surface area contributed by atoms with Crippen molar-refractivity contribution in [2.45, 2.75) is 37.2 Å². The lowest BCUT2D eigenvalue weighted by atomic mass is 10.1. The quantitative estimate of drug-likeness (QED) is 0.594. The van der Waals surface area contributed by atoms with E-state index in [1.54, 1.807) is 18.6 Å². The highest BCUT2D eigenvalue weighted by Gasteiger charge is 2.47. The molecule has 0 radical (unpaired) electrons. The van der Waals surface area contributed by atoms with Gasteiger partial charge in [0.15, 0.2) is 23.2 Å². The predicted octanol–water partition coefficient (Wildman–Crippen LogP) is 4.50. The summed E-state index contributed by atoms with van der Waals surface area (Å²) < 4.78 is 32.9. The zero-order valence-electron chi connectivity index (χ0n) is 17.8. The molecule has 1 saturated heterocycles. The highest BCUT2D eigenvalue weighted by molar-refractivity contribution is 5.68. The Morgan fingerprint density at radius 1 is 1.12 bits per heavy atom. The molecule has 1 aliphatic carbocycles. The van der Waals surface area contributed by atoms with Gasteiger partial charge in [-0.25, -0.2) is 18.7 Å². The maximum Gasteiger partial charge on any atom is 0.174 e. The van der Waals surface area contributed by atoms with Crippen LogP contribution in [0, 0.1) is 23.0 Å². The maximum absolute atomic E-state index is 13.9. The van der Waals surface area contributed by atoms with Crippen molar-refractivity contribution in [3.05, 3.63) is 66.3 Å². The Kier molecular flexibility index (Phi) is 5.50. The fourth-order valence-corrected chi connectivity index (χ4v) is 3.99. The molecular weight excluding hydrogens is 426 g/mol. The number of hydrogen-bond acceptors (Lipinski definition) is 7. The first kappa shape index (κ1) is 21.1. The van der Waals surface area contributed by atoms with Crippen LogP contribution in [0.2, 0.25) is 0 Å². The Hall–Kier alpha value is -3.80. The van der Waals surface area contributed by atoms with Gasteiger partial charge in [0.2, 0.25) is 0 Å². The Bertz CT molecular complexity index is 1190. The number of benzene rings is 1. The molecule has 0 spiro atoms. The lowest BCUT2D eigenvalue weighted by Crippen LogP contribution is -2.39. The number of anilines is 3. The molecule has 3 heterocycles. The van der Waals surface area contributed by atoms with Crippen LogP contribution < -0.4 is 15.0 Å². The number of piperidine rings is 1. The van der Waals surface area contributed by atoms with Crippen molar-refractivity contribution in [1.82, 2.24) is 15.0 Å². The molecule has 5 rings (SSSR count). The summed E-state index contributed by atoms with van der Waals surface area (Å²) in [5, 5.41) is 12.9. The van der Waals surface area contributed by atoms with E-state index < -0.39 is 17.0 Å². The summed E-state index contributed by atoms with van der Waals surface area (Å²) in [6, 6.07) is 9.39. The van der Waals surface area contributed by atoms with Crippen molar-refractivity contribution in [2.75, 3.05) is 23.3 Å². The Labute approximate surface area is 190 Å². The summed E-state index contributed by atoms with van der Waals surface area (Å²) in [7, 11) is 0. The fourth-order valence-electron chi connectivity index (χ4n) is 3.99. The average Bonchev–Trinajstić information content (AvgIpc) is 3.64. The van der Waals surface area contributed by atoms with E-state index in [1.165, 1.54) is 12.1 Å². The van der Waals surface area contributed by atoms with Gasteiger partial charge in [-0.15, -0.1) is 0 Å². The number of pyridine rings is 1. The molecule has 1 aromatic carbocycles. The molecule has 7 nitrogen and oxygen atoms in total. The molecule has 0 unspecified atom stereocenters. The van der Waals surface area contributed by atoms with Gasteiger partial charge < -0.3 is 15.0 Å². The van der Waals surface area contributed by atoms with Crippen LogP contribution in [0.15, 0.2) is 48.9 Å². The number of halogens is 2. The molecule has 0 atom stereocenters. The largest absolute Gasteiger partial charge is 0.487 e. The summed E-state index contributed by atoms with van der Waals surface area (Å²) >= 11 is 0. The molecule has 2 aromatic heterocycles. The minimum absolute atomic E-state index is 0.0604. The lowest BCUT2D eigenvalue weighted by Gasteiger charge is -2.33. The van der Waals surface area contributed by atoms with E-state index in [-0.39, 0.29) is 11.9 Å². The van der Waals surface area contributed by atoms with Crippen LogP contribution >= 0.6 is 0 Å². The molecular formula is C24H22F2N6O. The van der Waals surface area contributed by atoms with Gasteiger partial charge in [-0.1, -0.05) is 0 Å². The van der Waals surface area contributed by atoms with Gasteiger partial charge in [0.05, 0.1) is 18.0 Å². The molecule has 0 bridgehead atoms. The second-order valence-corrected chi connectivity index (χ2v) is 8.36. The highest BCUT2D eigenvalue weighted by Crippen LogP contribution is 2.47. The maximum atomic E-state index is 13.9. The topological polar surface area (TPSA) is 87.0 Å². The summed E-state index contributed by atoms with van der Waals surface area (Å²) in [6.07, 6.45) is 7.76. The van der Waals surface area contributed by atoms with Crippen LogP contribution in [0.4, 0.5) is 26.1 Å². The number of nitrogens with one attached hydrogen (secondary N) is 1. The van der Waals surface area contributed by atoms with E-state index in [4.69, 9.17) is 9.72 Å². The minimum Gasteiger partial charge on any atom is -0.487 e. The number of nitrogens with zero attached hydrogens (tertiary/aromatic N) is 5. The summed E-state index contributed by atoms with van der Waals surface area (Å²) in [5.41, 5.74) is 0.958. The molecule has 3 aromatic rings. The smallest absolute Gasteiger partial charge is 0.174 e. The standard InChI is InChI=1S/C24H22F2N6O/c25-16-1-2-20(19(26)13-16)33-18-5-11-32(12-6-18)23-22(30-17-3-9-28-10-4-17)31-21(14-29-23)24(15-27)7-8-24/h1-4,9-10,13-14,18H,5-8,11-12H2,(H,28,30,31). The number of nitriles is 1. The third kappa shape index (κ3) is 4.42. The Balaban J connectivity index is 1.34. The number of hydrogen-bond donors (Lipinski definition) is 1. The van der Waals surface area contributed by atoms with Gasteiger partial charge in [0.25, 0.3) is 0 Å². The first-order valence-corrected chi connectivity index (χ1v) is 10.9. The van der Waals surface area contributed by atoms with Crippen LogP contribution in [-0.4, -0.2) is 34.1 Å². The molecule has 168 valence electrons. The molecule has 1 aliphatic heterocycles. The third-order valence-corrected chi connectivity index (χ3v) is 6.08. The first-order chi connectivity index (χ1) is 16.1. The predicted molar refractivity (Wildman–Crippen MR) is 118 cm³/mol. The van der Waals surface area contributed by atoms with Gasteiger partial charge in [0.1, 0.15) is 17.3 Å². The molecule has 2 aliphatic rings. The third-order valence-electron chi connectivity index (χ3n) is 6.08. The first-order valence-electron chi connectivity index (χ1n) is 10.9. The number of ether oxygens (including phenoxy) is 1. The van der Waals surface area contributed by atoms with E-state index in [0.717, 1.165) is 24.6 Å². The average molecular weight is 448 g/mol. The van der Waals surface area contributed by atoms with Gasteiger partial charge >= 0.3 is 0 Å². The van der Waals surface area contributed by atoms with E-state index in [0.29, 0.717) is 43.3 Å². The van der Waals surface area contributed by atoms with Crippen LogP contribution in [0.5, 0.6) is 5.75 Å². The minimum atomic E-state index is -0.700. The van der Waals surface area contributed by atoms with Crippen LogP contribution in [0.1, 0.15) is 31.4 Å². The van der Waals surface area contributed by atoms with Gasteiger partial charge in [0, 0.05) is 50.1 Å². The van der Waals surface area contributed by atoms with Crippen molar-refractivity contribution in [3.63, 3.8) is 0 Å². The van der Waals surface area contributed by atoms with Gasteiger partial charge in [-0.2, -0.15) is 5.26 Å². The number of aromatic nitrogens is 3. The fraction of sp³-hybridized carbons (Fsp3) is 0.333. The van der Waals surface area contributed by atoms with Crippen molar-refractivity contribution in [1.29, 1.82) is 5.26 Å². The van der Waals surface area contributed by atoms with E-state index >= 15 is 0 Å². The zero-order valence-corrected chi connectivity index (χ0v) is 17.8. The monoisotopic (exact) mass is 448 g/mol. The molecule has 33 heavy (non-hydrogen) atoms. The van der Waals surface area contributed by atoms with E-state index in [1.807, 2.05) is 12.1 Å². The van der Waals surface area contributed by atoms with Crippen molar-refractivity contribution in [3.8, 4) is 11.8 Å². The molecule has 0 amide bonds. The van der Waals surface area contributed by atoms with Crippen molar-refractivity contribution >= 4 is 17.3 Å². The van der Waals surface area contributed by atoms with Crippen molar-refractivity contribution in [2.24, 2.45) is 0 Å². The second-order valence-electron chi connectivity index (χ2n) is 8.36. The highest BCUT2D eigenvalue weighted by atomic mass is 19.1. The molecule has 1 N–H and O–H groups in total. The number of rotatable bonds is 6. The summed E-state index contributed by atoms with van der Waals surface area (Å²) in [5.74, 6) is 0.00896. The molecule has 2 fully saturated rings. The summed E-state index contributed by atoms with van der Waals surface area (Å²) in [6.45, 7) is 1.27. The van der Waals surface area contributed by atoms with E-state index in [2.05, 4.69) is 26.3 Å². The van der Waals surface area contributed by atoms with E-state index in [9.17, 15) is 14.0 Å². The Morgan fingerprint density at radius 2 is 1.88 bits per heavy atom. The van der Waals surface area contributed by atoms with Crippen LogP contribution in [-0.2, 0) is 5.41 Å².